The number of halogens is 2. The highest BCUT2D eigenvalue weighted by molar-refractivity contribution is 5.91. The first kappa shape index (κ1) is 18.6. The molecule has 2 amide bonds. The highest BCUT2D eigenvalue weighted by Gasteiger charge is 2.66. The number of nitrogens with two attached hydrogens (primary N) is 1. The quantitative estimate of drug-likeness (QED) is 0.766. The van der Waals surface area contributed by atoms with E-state index in [1.807, 2.05) is 0 Å². The molecule has 9 nitrogen and oxygen atoms in total. The minimum absolute atomic E-state index is 0.0224. The van der Waals surface area contributed by atoms with Crippen molar-refractivity contribution in [1.82, 2.24) is 9.55 Å². The van der Waals surface area contributed by atoms with Gasteiger partial charge in [-0.2, -0.15) is 0 Å². The van der Waals surface area contributed by atoms with Crippen LogP contribution in [0.3, 0.4) is 0 Å². The molecule has 0 bridgehead atoms. The second-order valence-corrected chi connectivity index (χ2v) is 7.58. The van der Waals surface area contributed by atoms with Crippen LogP contribution in [0.25, 0.3) is 11.4 Å². The zero-order valence-corrected chi connectivity index (χ0v) is 15.8. The molecule has 1 aromatic carbocycles. The molecule has 3 N–H and O–H groups in total. The monoisotopic (exact) mass is 419 g/mol. The number of ether oxygens (including phenoxy) is 2. The van der Waals surface area contributed by atoms with Gasteiger partial charge in [0.25, 0.3) is 6.43 Å². The zero-order valence-electron chi connectivity index (χ0n) is 15.8. The van der Waals surface area contributed by atoms with Gasteiger partial charge in [0.05, 0.1) is 18.7 Å². The molecule has 0 radical (unpaired) electrons. The molecule has 30 heavy (non-hydrogen) atoms. The Kier molecular flexibility index (Phi) is 4.09. The number of hydrogen-bond donors (Lipinski definition) is 2. The largest absolute Gasteiger partial charge is 0.491 e. The molecule has 2 aromatic rings. The SMILES string of the molecule is NC(=O)CNc1ccc2c(c1)OCCn1cc(N3C(=O)OC4(CC4)C3C(F)F)nc1-2. The van der Waals surface area contributed by atoms with Gasteiger partial charge < -0.3 is 25.1 Å². The van der Waals surface area contributed by atoms with Crippen molar-refractivity contribution in [2.24, 2.45) is 5.73 Å². The van der Waals surface area contributed by atoms with Crippen LogP contribution in [-0.2, 0) is 16.1 Å². The van der Waals surface area contributed by atoms with Gasteiger partial charge in [0.15, 0.2) is 5.82 Å². The number of rotatable bonds is 5. The van der Waals surface area contributed by atoms with Gasteiger partial charge in [0.2, 0.25) is 5.91 Å². The van der Waals surface area contributed by atoms with Crippen molar-refractivity contribution in [1.29, 1.82) is 0 Å². The number of benzene rings is 1. The molecule has 158 valence electrons. The zero-order chi connectivity index (χ0) is 21.0. The summed E-state index contributed by atoms with van der Waals surface area (Å²) < 4.78 is 40.4. The third kappa shape index (κ3) is 2.92. The summed E-state index contributed by atoms with van der Waals surface area (Å²) in [5.74, 6) is 0.656. The smallest absolute Gasteiger partial charge is 0.416 e. The molecular formula is C19H19F2N5O4. The normalized spacial score (nSPS) is 21.0. The van der Waals surface area contributed by atoms with Gasteiger partial charge in [-0.25, -0.2) is 23.5 Å². The standard InChI is InChI=1S/C19H19F2N5O4/c20-16(21)15-19(3-4-19)30-18(28)26(15)14-9-25-5-6-29-12-7-10(23-8-13(22)27)1-2-11(12)17(25)24-14/h1-2,7,9,15-16,23H,3-6,8H2,(H2,22,27). The molecule has 5 rings (SSSR count). The summed E-state index contributed by atoms with van der Waals surface area (Å²) in [6.45, 7) is 0.724. The summed E-state index contributed by atoms with van der Waals surface area (Å²) in [6, 6.07) is 3.86. The number of anilines is 2. The van der Waals surface area contributed by atoms with E-state index in [9.17, 15) is 18.4 Å². The number of carbonyl (C=O) groups excluding carboxylic acids is 2. The Morgan fingerprint density at radius 3 is 2.90 bits per heavy atom. The highest BCUT2D eigenvalue weighted by Crippen LogP contribution is 2.52. The van der Waals surface area contributed by atoms with Crippen LogP contribution in [0.2, 0.25) is 0 Å². The van der Waals surface area contributed by atoms with Crippen LogP contribution >= 0.6 is 0 Å². The molecule has 3 heterocycles. The number of nitrogens with one attached hydrogen (secondary N) is 1. The van der Waals surface area contributed by atoms with E-state index in [0.29, 0.717) is 48.8 Å². The number of hydrogen-bond acceptors (Lipinski definition) is 6. The second-order valence-electron chi connectivity index (χ2n) is 7.58. The van der Waals surface area contributed by atoms with Crippen molar-refractivity contribution >= 4 is 23.5 Å². The molecule has 1 unspecified atom stereocenters. The Morgan fingerprint density at radius 2 is 2.20 bits per heavy atom. The lowest BCUT2D eigenvalue weighted by molar-refractivity contribution is -0.116. The molecule has 2 aliphatic heterocycles. The van der Waals surface area contributed by atoms with E-state index in [1.165, 1.54) is 0 Å². The molecule has 1 aromatic heterocycles. The van der Waals surface area contributed by atoms with Gasteiger partial charge in [0.1, 0.15) is 29.8 Å². The minimum Gasteiger partial charge on any atom is -0.491 e. The Bertz CT molecular complexity index is 1040. The Balaban J connectivity index is 1.50. The lowest BCUT2D eigenvalue weighted by Gasteiger charge is -2.21. The number of aromatic nitrogens is 2. The third-order valence-corrected chi connectivity index (χ3v) is 5.58. The predicted molar refractivity (Wildman–Crippen MR) is 102 cm³/mol. The van der Waals surface area contributed by atoms with Crippen LogP contribution in [-0.4, -0.2) is 52.8 Å². The lowest BCUT2D eigenvalue weighted by Crippen LogP contribution is -2.43. The van der Waals surface area contributed by atoms with Crippen LogP contribution in [0.5, 0.6) is 5.75 Å². The van der Waals surface area contributed by atoms with Crippen molar-refractivity contribution in [2.45, 2.75) is 37.5 Å². The van der Waals surface area contributed by atoms with E-state index < -0.39 is 30.1 Å². The fourth-order valence-corrected chi connectivity index (χ4v) is 4.01. The summed E-state index contributed by atoms with van der Waals surface area (Å²) in [7, 11) is 0. The molecule has 1 atom stereocenters. The maximum absolute atomic E-state index is 13.8. The fraction of sp³-hybridized carbons (Fsp3) is 0.421. The average Bonchev–Trinajstić information content (AvgIpc) is 3.28. The maximum atomic E-state index is 13.8. The van der Waals surface area contributed by atoms with Gasteiger partial charge in [0, 0.05) is 18.0 Å². The van der Waals surface area contributed by atoms with E-state index in [-0.39, 0.29) is 12.4 Å². The van der Waals surface area contributed by atoms with Gasteiger partial charge in [-0.1, -0.05) is 0 Å². The summed E-state index contributed by atoms with van der Waals surface area (Å²) in [4.78, 5) is 28.8. The van der Waals surface area contributed by atoms with Crippen LogP contribution in [0.4, 0.5) is 25.1 Å². The van der Waals surface area contributed by atoms with E-state index in [1.54, 1.807) is 29.0 Å². The molecule has 2 fully saturated rings. The summed E-state index contributed by atoms with van der Waals surface area (Å²) >= 11 is 0. The first-order valence-corrected chi connectivity index (χ1v) is 9.55. The first-order valence-electron chi connectivity index (χ1n) is 9.55. The van der Waals surface area contributed by atoms with E-state index in [2.05, 4.69) is 10.3 Å². The van der Waals surface area contributed by atoms with Crippen LogP contribution in [0, 0.1) is 0 Å². The first-order chi connectivity index (χ1) is 14.4. The molecular weight excluding hydrogens is 400 g/mol. The number of nitrogens with zero attached hydrogens (tertiary/aromatic N) is 3. The number of amides is 2. The number of primary amides is 1. The second kappa shape index (κ2) is 6.57. The Morgan fingerprint density at radius 1 is 1.40 bits per heavy atom. The lowest BCUT2D eigenvalue weighted by atomic mass is 10.1. The average molecular weight is 419 g/mol. The minimum atomic E-state index is -2.74. The Hall–Kier alpha value is -3.37. The maximum Gasteiger partial charge on any atom is 0.416 e. The van der Waals surface area contributed by atoms with Crippen molar-refractivity contribution in [3.8, 4) is 17.1 Å². The van der Waals surface area contributed by atoms with Crippen molar-refractivity contribution in [3.63, 3.8) is 0 Å². The Labute approximate surface area is 169 Å². The molecule has 3 aliphatic rings. The van der Waals surface area contributed by atoms with Gasteiger partial charge in [-0.15, -0.1) is 0 Å². The van der Waals surface area contributed by atoms with Crippen molar-refractivity contribution < 1.29 is 27.8 Å². The highest BCUT2D eigenvalue weighted by atomic mass is 19.3. The van der Waals surface area contributed by atoms with E-state index >= 15 is 0 Å². The van der Waals surface area contributed by atoms with Gasteiger partial charge >= 0.3 is 6.09 Å². The summed E-state index contributed by atoms with van der Waals surface area (Å²) in [5, 5.41) is 2.89. The van der Waals surface area contributed by atoms with Crippen molar-refractivity contribution in [3.05, 3.63) is 24.4 Å². The molecule has 1 spiro atoms. The molecule has 1 saturated carbocycles. The van der Waals surface area contributed by atoms with Gasteiger partial charge in [-0.05, 0) is 25.0 Å². The topological polar surface area (TPSA) is 112 Å². The third-order valence-electron chi connectivity index (χ3n) is 5.58. The number of imidazole rings is 1. The fourth-order valence-electron chi connectivity index (χ4n) is 4.01. The van der Waals surface area contributed by atoms with E-state index in [0.717, 1.165) is 4.90 Å². The van der Waals surface area contributed by atoms with Crippen LogP contribution < -0.4 is 20.7 Å². The van der Waals surface area contributed by atoms with Crippen molar-refractivity contribution in [2.75, 3.05) is 23.4 Å². The van der Waals surface area contributed by atoms with Crippen LogP contribution in [0.1, 0.15) is 12.8 Å². The number of alkyl halides is 2. The van der Waals surface area contributed by atoms with Crippen LogP contribution in [0.15, 0.2) is 24.4 Å². The molecule has 1 saturated heterocycles. The summed E-state index contributed by atoms with van der Waals surface area (Å²) in [6.07, 6.45) is -1.11. The predicted octanol–water partition coefficient (Wildman–Crippen LogP) is 1.96. The summed E-state index contributed by atoms with van der Waals surface area (Å²) in [5.41, 5.74) is 5.34. The van der Waals surface area contributed by atoms with Gasteiger partial charge in [-0.3, -0.25) is 4.79 Å². The molecule has 11 heteroatoms. The molecule has 1 aliphatic carbocycles. The number of fused-ring (bicyclic) bond motifs is 3. The van der Waals surface area contributed by atoms with E-state index in [4.69, 9.17) is 15.2 Å². The number of carbonyl (C=O) groups is 2.